The number of carbonyl (C=O) groups excluding carboxylic acids is 1. The number of carbonyl (C=O) groups is 1. The number of likely N-dealkylation sites (tertiary alicyclic amines) is 1. The van der Waals surface area contributed by atoms with Gasteiger partial charge in [-0.3, -0.25) is 9.79 Å². The second-order valence-corrected chi connectivity index (χ2v) is 6.79. The molecular weight excluding hydrogens is 316 g/mol. The van der Waals surface area contributed by atoms with E-state index in [1.54, 1.807) is 14.1 Å². The van der Waals surface area contributed by atoms with E-state index in [1.165, 1.54) is 17.7 Å². The maximum Gasteiger partial charge on any atom is 0.259 e. The number of rotatable bonds is 5. The van der Waals surface area contributed by atoms with E-state index in [-0.39, 0.29) is 12.5 Å². The van der Waals surface area contributed by atoms with Gasteiger partial charge in [-0.05, 0) is 36.5 Å². The van der Waals surface area contributed by atoms with Crippen LogP contribution in [0, 0.1) is 5.92 Å². The van der Waals surface area contributed by atoms with Gasteiger partial charge in [0.15, 0.2) is 12.6 Å². The van der Waals surface area contributed by atoms with Crippen molar-refractivity contribution in [1.82, 2.24) is 15.1 Å². The van der Waals surface area contributed by atoms with Gasteiger partial charge in [0, 0.05) is 40.8 Å². The first-order valence-electron chi connectivity index (χ1n) is 8.87. The van der Waals surface area contributed by atoms with Gasteiger partial charge in [0.25, 0.3) is 5.91 Å². The molecule has 1 aliphatic rings. The van der Waals surface area contributed by atoms with Crippen molar-refractivity contribution in [3.05, 3.63) is 29.8 Å². The Kier molecular flexibility index (Phi) is 7.10. The Hall–Kier alpha value is -2.24. The number of likely N-dealkylation sites (N-methyl/N-ethyl adjacent to an activating group) is 1. The van der Waals surface area contributed by atoms with E-state index in [0.29, 0.717) is 12.3 Å². The fourth-order valence-corrected chi connectivity index (χ4v) is 2.75. The number of nitrogens with one attached hydrogen (secondary N) is 1. The van der Waals surface area contributed by atoms with Gasteiger partial charge < -0.3 is 19.9 Å². The molecule has 1 aliphatic heterocycles. The Morgan fingerprint density at radius 2 is 2.08 bits per heavy atom. The summed E-state index contributed by atoms with van der Waals surface area (Å²) in [5.74, 6) is 2.40. The third-order valence-electron chi connectivity index (χ3n) is 4.51. The Balaban J connectivity index is 1.87. The molecule has 0 bridgehead atoms. The summed E-state index contributed by atoms with van der Waals surface area (Å²) in [6.07, 6.45) is 2.42. The molecule has 1 N–H and O–H groups in total. The lowest BCUT2D eigenvalue weighted by atomic mass is 10.00. The monoisotopic (exact) mass is 346 g/mol. The molecule has 1 saturated heterocycles. The predicted molar refractivity (Wildman–Crippen MR) is 101 cm³/mol. The maximum atomic E-state index is 11.6. The molecule has 138 valence electrons. The number of guanidine groups is 1. The van der Waals surface area contributed by atoms with Crippen LogP contribution in [0.4, 0.5) is 0 Å². The predicted octanol–water partition coefficient (Wildman–Crippen LogP) is 1.96. The Labute approximate surface area is 150 Å². The van der Waals surface area contributed by atoms with Crippen molar-refractivity contribution in [3.8, 4) is 5.75 Å². The van der Waals surface area contributed by atoms with Crippen LogP contribution in [0.1, 0.15) is 25.3 Å². The second-order valence-electron chi connectivity index (χ2n) is 6.79. The molecule has 1 aromatic carbocycles. The summed E-state index contributed by atoms with van der Waals surface area (Å²) in [5, 5.41) is 3.43. The SMILES string of the molecule is CN=C(NCc1cccc(OCC(=O)N(C)C)c1)N1CCC(C)CC1. The van der Waals surface area contributed by atoms with Gasteiger partial charge in [0.1, 0.15) is 5.75 Å². The van der Waals surface area contributed by atoms with Crippen LogP contribution < -0.4 is 10.1 Å². The van der Waals surface area contributed by atoms with Crippen molar-refractivity contribution in [3.63, 3.8) is 0 Å². The van der Waals surface area contributed by atoms with E-state index < -0.39 is 0 Å². The van der Waals surface area contributed by atoms with Crippen LogP contribution in [0.5, 0.6) is 5.75 Å². The highest BCUT2D eigenvalue weighted by atomic mass is 16.5. The van der Waals surface area contributed by atoms with Gasteiger partial charge in [-0.15, -0.1) is 0 Å². The van der Waals surface area contributed by atoms with Crippen LogP contribution in [0.15, 0.2) is 29.3 Å². The molecule has 0 atom stereocenters. The van der Waals surface area contributed by atoms with Gasteiger partial charge in [-0.25, -0.2) is 0 Å². The van der Waals surface area contributed by atoms with E-state index in [1.807, 2.05) is 31.3 Å². The molecule has 25 heavy (non-hydrogen) atoms. The highest BCUT2D eigenvalue weighted by molar-refractivity contribution is 5.80. The number of piperidine rings is 1. The highest BCUT2D eigenvalue weighted by Crippen LogP contribution is 2.17. The van der Waals surface area contributed by atoms with Crippen LogP contribution in [-0.4, -0.2) is 62.5 Å². The first-order chi connectivity index (χ1) is 12.0. The lowest BCUT2D eigenvalue weighted by molar-refractivity contribution is -0.130. The molecule has 6 nitrogen and oxygen atoms in total. The van der Waals surface area contributed by atoms with Crippen LogP contribution >= 0.6 is 0 Å². The first-order valence-corrected chi connectivity index (χ1v) is 8.87. The zero-order chi connectivity index (χ0) is 18.2. The summed E-state index contributed by atoms with van der Waals surface area (Å²) in [4.78, 5) is 19.9. The number of aliphatic imine (C=N–C) groups is 1. The number of amides is 1. The highest BCUT2D eigenvalue weighted by Gasteiger charge is 2.18. The van der Waals surface area contributed by atoms with Crippen molar-refractivity contribution in [2.24, 2.45) is 10.9 Å². The molecule has 0 aliphatic carbocycles. The fourth-order valence-electron chi connectivity index (χ4n) is 2.75. The average Bonchev–Trinajstić information content (AvgIpc) is 2.62. The zero-order valence-electron chi connectivity index (χ0n) is 15.8. The topological polar surface area (TPSA) is 57.2 Å². The maximum absolute atomic E-state index is 11.6. The summed E-state index contributed by atoms with van der Waals surface area (Å²) < 4.78 is 5.57. The molecule has 1 heterocycles. The van der Waals surface area contributed by atoms with Crippen LogP contribution in [0.3, 0.4) is 0 Å². The van der Waals surface area contributed by atoms with E-state index in [9.17, 15) is 4.79 Å². The minimum absolute atomic E-state index is 0.0525. The molecule has 0 radical (unpaired) electrons. The van der Waals surface area contributed by atoms with E-state index in [4.69, 9.17) is 4.74 Å². The number of hydrogen-bond acceptors (Lipinski definition) is 3. The Morgan fingerprint density at radius 3 is 2.72 bits per heavy atom. The van der Waals surface area contributed by atoms with Crippen LogP contribution in [-0.2, 0) is 11.3 Å². The minimum Gasteiger partial charge on any atom is -0.484 e. The van der Waals surface area contributed by atoms with Gasteiger partial charge in [-0.1, -0.05) is 19.1 Å². The lowest BCUT2D eigenvalue weighted by Crippen LogP contribution is -2.45. The molecular formula is C19H30N4O2. The van der Waals surface area contributed by atoms with E-state index in [2.05, 4.69) is 22.1 Å². The molecule has 2 rings (SSSR count). The van der Waals surface area contributed by atoms with Gasteiger partial charge in [0.2, 0.25) is 0 Å². The Morgan fingerprint density at radius 1 is 1.36 bits per heavy atom. The van der Waals surface area contributed by atoms with Crippen molar-refractivity contribution < 1.29 is 9.53 Å². The quantitative estimate of drug-likeness (QED) is 0.654. The molecule has 0 spiro atoms. The largest absolute Gasteiger partial charge is 0.484 e. The average molecular weight is 346 g/mol. The molecule has 0 unspecified atom stereocenters. The molecule has 1 fully saturated rings. The number of nitrogens with zero attached hydrogens (tertiary/aromatic N) is 3. The summed E-state index contributed by atoms with van der Waals surface area (Å²) in [7, 11) is 5.27. The van der Waals surface area contributed by atoms with Crippen molar-refractivity contribution in [2.75, 3.05) is 40.8 Å². The molecule has 1 amide bonds. The summed E-state index contributed by atoms with van der Waals surface area (Å²) >= 11 is 0. The van der Waals surface area contributed by atoms with Gasteiger partial charge >= 0.3 is 0 Å². The standard InChI is InChI=1S/C19H30N4O2/c1-15-8-10-23(11-9-15)19(20-2)21-13-16-6-5-7-17(12-16)25-14-18(24)22(3)4/h5-7,12,15H,8-11,13-14H2,1-4H3,(H,20,21). The summed E-state index contributed by atoms with van der Waals surface area (Å²) in [6, 6.07) is 7.81. The second kappa shape index (κ2) is 9.30. The smallest absolute Gasteiger partial charge is 0.259 e. The van der Waals surface area contributed by atoms with Gasteiger partial charge in [0.05, 0.1) is 0 Å². The fraction of sp³-hybridized carbons (Fsp3) is 0.579. The van der Waals surface area contributed by atoms with Gasteiger partial charge in [-0.2, -0.15) is 0 Å². The lowest BCUT2D eigenvalue weighted by Gasteiger charge is -2.32. The van der Waals surface area contributed by atoms with E-state index >= 15 is 0 Å². The summed E-state index contributed by atoms with van der Waals surface area (Å²) in [5.41, 5.74) is 1.10. The summed E-state index contributed by atoms with van der Waals surface area (Å²) in [6.45, 7) is 5.14. The van der Waals surface area contributed by atoms with Crippen molar-refractivity contribution in [2.45, 2.75) is 26.3 Å². The molecule has 6 heteroatoms. The third-order valence-corrected chi connectivity index (χ3v) is 4.51. The third kappa shape index (κ3) is 5.96. The normalized spacial score (nSPS) is 15.8. The molecule has 0 saturated carbocycles. The van der Waals surface area contributed by atoms with Crippen molar-refractivity contribution in [1.29, 1.82) is 0 Å². The first kappa shape index (κ1) is 19.1. The Bertz CT molecular complexity index is 593. The van der Waals surface area contributed by atoms with Crippen LogP contribution in [0.2, 0.25) is 0 Å². The number of benzene rings is 1. The molecule has 1 aromatic rings. The number of hydrogen-bond donors (Lipinski definition) is 1. The van der Waals surface area contributed by atoms with E-state index in [0.717, 1.165) is 30.5 Å². The zero-order valence-corrected chi connectivity index (χ0v) is 15.8. The van der Waals surface area contributed by atoms with Crippen LogP contribution in [0.25, 0.3) is 0 Å². The molecule has 0 aromatic heterocycles. The minimum atomic E-state index is -0.0525. The van der Waals surface area contributed by atoms with Crippen molar-refractivity contribution >= 4 is 11.9 Å². The number of ether oxygens (including phenoxy) is 1.